The van der Waals surface area contributed by atoms with Crippen LogP contribution < -0.4 is 4.74 Å². The van der Waals surface area contributed by atoms with E-state index >= 15 is 0 Å². The van der Waals surface area contributed by atoms with Crippen molar-refractivity contribution in [3.05, 3.63) is 41.2 Å². The van der Waals surface area contributed by atoms with E-state index in [0.717, 1.165) is 36.2 Å². The van der Waals surface area contributed by atoms with Gasteiger partial charge in [-0.05, 0) is 44.7 Å². The first kappa shape index (κ1) is 18.3. The van der Waals surface area contributed by atoms with Gasteiger partial charge in [0, 0.05) is 30.3 Å². The summed E-state index contributed by atoms with van der Waals surface area (Å²) in [4.78, 5) is 31.8. The van der Waals surface area contributed by atoms with Gasteiger partial charge in [0.05, 0.1) is 6.54 Å². The van der Waals surface area contributed by atoms with Crippen molar-refractivity contribution in [2.75, 3.05) is 13.1 Å². The molecule has 1 atom stereocenters. The lowest BCUT2D eigenvalue weighted by Gasteiger charge is -2.31. The summed E-state index contributed by atoms with van der Waals surface area (Å²) in [6.07, 6.45) is 5.96. The van der Waals surface area contributed by atoms with E-state index in [9.17, 15) is 4.79 Å². The highest BCUT2D eigenvalue weighted by atomic mass is 16.5. The van der Waals surface area contributed by atoms with Crippen LogP contribution in [0.3, 0.4) is 0 Å². The van der Waals surface area contributed by atoms with Gasteiger partial charge in [0.25, 0.3) is 11.7 Å². The lowest BCUT2D eigenvalue weighted by Crippen LogP contribution is -2.44. The number of piperidine rings is 1. The van der Waals surface area contributed by atoms with Crippen molar-refractivity contribution >= 4 is 11.7 Å². The Hall–Kier alpha value is -3.10. The van der Waals surface area contributed by atoms with Crippen LogP contribution in [0, 0.1) is 13.8 Å². The van der Waals surface area contributed by atoms with E-state index in [-0.39, 0.29) is 17.8 Å². The van der Waals surface area contributed by atoms with Crippen LogP contribution in [0.4, 0.5) is 0 Å². The van der Waals surface area contributed by atoms with E-state index in [2.05, 4.69) is 32.0 Å². The Bertz CT molecular complexity index is 999. The second kappa shape index (κ2) is 7.49. The van der Waals surface area contributed by atoms with Gasteiger partial charge in [-0.2, -0.15) is 4.98 Å². The maximum Gasteiger partial charge on any atom is 0.316 e. The number of carbonyl (C=O) groups excluding carboxylic acids is 1. The van der Waals surface area contributed by atoms with Crippen molar-refractivity contribution in [1.82, 2.24) is 34.4 Å². The predicted octanol–water partition coefficient (Wildman–Crippen LogP) is 1.78. The molecule has 0 bridgehead atoms. The average Bonchev–Trinajstić information content (AvgIpc) is 3.12. The molecule has 0 spiro atoms. The highest BCUT2D eigenvalue weighted by Crippen LogP contribution is 2.17. The predicted molar refractivity (Wildman–Crippen MR) is 101 cm³/mol. The number of aromatic nitrogens is 6. The van der Waals surface area contributed by atoms with Gasteiger partial charge in [0.1, 0.15) is 6.10 Å². The number of fused-ring (bicyclic) bond motifs is 1. The van der Waals surface area contributed by atoms with Gasteiger partial charge in [-0.15, -0.1) is 5.10 Å². The van der Waals surface area contributed by atoms with Crippen LogP contribution in [0.1, 0.15) is 47.3 Å². The molecule has 9 heteroatoms. The molecule has 1 fully saturated rings. The molecule has 1 unspecified atom stereocenters. The second-order valence-electron chi connectivity index (χ2n) is 7.05. The minimum absolute atomic E-state index is 0.149. The molecule has 9 nitrogen and oxygen atoms in total. The summed E-state index contributed by atoms with van der Waals surface area (Å²) >= 11 is 0. The highest BCUT2D eigenvalue weighted by molar-refractivity contribution is 5.91. The fourth-order valence-electron chi connectivity index (χ4n) is 3.35. The van der Waals surface area contributed by atoms with Crippen LogP contribution in [-0.4, -0.2) is 59.6 Å². The zero-order chi connectivity index (χ0) is 19.7. The Balaban J connectivity index is 1.47. The Morgan fingerprint density at radius 2 is 2.04 bits per heavy atom. The molecule has 0 radical (unpaired) electrons. The summed E-state index contributed by atoms with van der Waals surface area (Å²) in [5, 5.41) is 4.34. The second-order valence-corrected chi connectivity index (χ2v) is 7.05. The van der Waals surface area contributed by atoms with E-state index in [1.54, 1.807) is 21.8 Å². The third-order valence-electron chi connectivity index (χ3n) is 4.84. The largest absolute Gasteiger partial charge is 0.458 e. The number of carbonyl (C=O) groups is 1. The van der Waals surface area contributed by atoms with Crippen molar-refractivity contribution in [2.24, 2.45) is 0 Å². The Kier molecular flexibility index (Phi) is 4.89. The summed E-state index contributed by atoms with van der Waals surface area (Å²) in [7, 11) is 0. The van der Waals surface area contributed by atoms with E-state index in [4.69, 9.17) is 4.74 Å². The summed E-state index contributed by atoms with van der Waals surface area (Å²) in [5.41, 5.74) is 2.79. The number of nitrogens with zero attached hydrogens (tertiary/aromatic N) is 7. The molecule has 0 aromatic carbocycles. The van der Waals surface area contributed by atoms with E-state index in [0.29, 0.717) is 24.9 Å². The minimum atomic E-state index is -0.210. The number of likely N-dealkylation sites (tertiary alicyclic amines) is 1. The van der Waals surface area contributed by atoms with Gasteiger partial charge in [0.15, 0.2) is 0 Å². The molecule has 4 rings (SSSR count). The molecule has 1 amide bonds. The Morgan fingerprint density at radius 3 is 2.79 bits per heavy atom. The van der Waals surface area contributed by atoms with Crippen LogP contribution in [-0.2, 0) is 6.42 Å². The fraction of sp³-hybridized carbons (Fsp3) is 0.474. The van der Waals surface area contributed by atoms with Crippen molar-refractivity contribution in [3.8, 4) is 6.01 Å². The first-order chi connectivity index (χ1) is 13.5. The van der Waals surface area contributed by atoms with Crippen LogP contribution in [0.5, 0.6) is 6.01 Å². The molecular weight excluding hydrogens is 358 g/mol. The molecule has 0 N–H and O–H groups in total. The number of ether oxygens (including phenoxy) is 1. The fourth-order valence-corrected chi connectivity index (χ4v) is 3.35. The van der Waals surface area contributed by atoms with Crippen molar-refractivity contribution in [3.63, 3.8) is 0 Å². The smallest absolute Gasteiger partial charge is 0.316 e. The van der Waals surface area contributed by atoms with Crippen molar-refractivity contribution < 1.29 is 9.53 Å². The molecule has 0 saturated carbocycles. The third-order valence-corrected chi connectivity index (χ3v) is 4.84. The maximum atomic E-state index is 12.9. The number of aryl methyl sites for hydroxylation is 3. The van der Waals surface area contributed by atoms with E-state index in [1.165, 1.54) is 0 Å². The van der Waals surface area contributed by atoms with Crippen molar-refractivity contribution in [1.29, 1.82) is 0 Å². The maximum absolute atomic E-state index is 12.9. The standard InChI is InChI=1S/C19H23N7O2/c1-4-14-9-20-19(21-10-14)28-15-6-5-7-25(11-15)17(27)16-23-18-22-12(2)8-13(3)26(18)24-16/h8-10,15H,4-7,11H2,1-3H3. The summed E-state index contributed by atoms with van der Waals surface area (Å²) in [5.74, 6) is 0.388. The Labute approximate surface area is 162 Å². The lowest BCUT2D eigenvalue weighted by atomic mass is 10.1. The van der Waals surface area contributed by atoms with E-state index < -0.39 is 0 Å². The van der Waals surface area contributed by atoms with Gasteiger partial charge >= 0.3 is 6.01 Å². The van der Waals surface area contributed by atoms with Crippen LogP contribution in [0.15, 0.2) is 18.5 Å². The monoisotopic (exact) mass is 381 g/mol. The molecule has 1 saturated heterocycles. The first-order valence-electron chi connectivity index (χ1n) is 9.51. The van der Waals surface area contributed by atoms with Gasteiger partial charge in [-0.3, -0.25) is 4.79 Å². The molecule has 3 aromatic heterocycles. The van der Waals surface area contributed by atoms with Crippen molar-refractivity contribution in [2.45, 2.75) is 46.1 Å². The molecule has 28 heavy (non-hydrogen) atoms. The Morgan fingerprint density at radius 1 is 1.25 bits per heavy atom. The van der Waals surface area contributed by atoms with Crippen LogP contribution >= 0.6 is 0 Å². The third kappa shape index (κ3) is 3.64. The topological polar surface area (TPSA) is 98.4 Å². The van der Waals surface area contributed by atoms with Gasteiger partial charge in [0.2, 0.25) is 5.82 Å². The average molecular weight is 381 g/mol. The summed E-state index contributed by atoms with van der Waals surface area (Å²) in [6, 6.07) is 2.25. The normalized spacial score (nSPS) is 17.1. The zero-order valence-corrected chi connectivity index (χ0v) is 16.3. The number of hydrogen-bond acceptors (Lipinski definition) is 7. The molecular formula is C19H23N7O2. The molecule has 146 valence electrons. The van der Waals surface area contributed by atoms with Gasteiger partial charge in [-0.25, -0.2) is 19.5 Å². The quantitative estimate of drug-likeness (QED) is 0.679. The molecule has 4 heterocycles. The number of amides is 1. The number of hydrogen-bond donors (Lipinski definition) is 0. The van der Waals surface area contributed by atoms with Crippen LogP contribution in [0.2, 0.25) is 0 Å². The highest BCUT2D eigenvalue weighted by Gasteiger charge is 2.28. The molecule has 0 aliphatic carbocycles. The molecule has 1 aliphatic rings. The first-order valence-corrected chi connectivity index (χ1v) is 9.51. The molecule has 3 aromatic rings. The minimum Gasteiger partial charge on any atom is -0.458 e. The SMILES string of the molecule is CCc1cnc(OC2CCCN(C(=O)c3nc4nc(C)cc(C)n4n3)C2)nc1. The van der Waals surface area contributed by atoms with Gasteiger partial charge in [-0.1, -0.05) is 6.92 Å². The van der Waals surface area contributed by atoms with Gasteiger partial charge < -0.3 is 9.64 Å². The summed E-state index contributed by atoms with van der Waals surface area (Å²) < 4.78 is 7.49. The number of rotatable bonds is 4. The lowest BCUT2D eigenvalue weighted by molar-refractivity contribution is 0.0505. The molecule has 1 aliphatic heterocycles. The summed E-state index contributed by atoms with van der Waals surface area (Å²) in [6.45, 7) is 6.97. The zero-order valence-electron chi connectivity index (χ0n) is 16.3. The van der Waals surface area contributed by atoms with E-state index in [1.807, 2.05) is 19.9 Å². The van der Waals surface area contributed by atoms with Crippen LogP contribution in [0.25, 0.3) is 5.78 Å².